The number of para-hydroxylation sites is 2. The first kappa shape index (κ1) is 20.5. The van der Waals surface area contributed by atoms with Crippen LogP contribution in [0.2, 0.25) is 0 Å². The van der Waals surface area contributed by atoms with Crippen molar-refractivity contribution in [2.24, 2.45) is 0 Å². The summed E-state index contributed by atoms with van der Waals surface area (Å²) in [4.78, 5) is 35.3. The lowest BCUT2D eigenvalue weighted by atomic mass is 10.1. The quantitative estimate of drug-likeness (QED) is 0.421. The molecule has 0 radical (unpaired) electrons. The number of hydrogen-bond donors (Lipinski definition) is 3. The number of nitro benzene ring substituents is 1. The molecule has 0 heterocycles. The maximum absolute atomic E-state index is 13.8. The highest BCUT2D eigenvalue weighted by molar-refractivity contribution is 6.05. The highest BCUT2D eigenvalue weighted by Crippen LogP contribution is 2.23. The Morgan fingerprint density at radius 3 is 2.37 bits per heavy atom. The van der Waals surface area contributed by atoms with Crippen molar-refractivity contribution < 1.29 is 18.9 Å². The van der Waals surface area contributed by atoms with E-state index in [9.17, 15) is 24.1 Å². The minimum atomic E-state index is -0.657. The van der Waals surface area contributed by atoms with E-state index in [1.165, 1.54) is 48.5 Å². The molecule has 3 N–H and O–H groups in total. The Balaban J connectivity index is 1.75. The van der Waals surface area contributed by atoms with Gasteiger partial charge in [0.1, 0.15) is 11.5 Å². The second kappa shape index (κ2) is 8.82. The lowest BCUT2D eigenvalue weighted by Gasteiger charge is -2.12. The van der Waals surface area contributed by atoms with Crippen LogP contribution in [0.4, 0.5) is 21.5 Å². The Morgan fingerprint density at radius 1 is 0.933 bits per heavy atom. The molecule has 3 aromatic rings. The second-order valence-electron chi connectivity index (χ2n) is 6.32. The molecular weight excluding hydrogens is 391 g/mol. The number of benzene rings is 3. The number of amides is 2. The molecule has 0 atom stereocenters. The van der Waals surface area contributed by atoms with Crippen molar-refractivity contribution in [1.82, 2.24) is 5.43 Å². The zero-order valence-electron chi connectivity index (χ0n) is 15.8. The van der Waals surface area contributed by atoms with E-state index in [0.29, 0.717) is 11.3 Å². The number of rotatable bonds is 6. The van der Waals surface area contributed by atoms with Crippen molar-refractivity contribution in [2.45, 2.75) is 6.92 Å². The Hall–Kier alpha value is -4.27. The van der Waals surface area contributed by atoms with E-state index in [4.69, 9.17) is 0 Å². The Bertz CT molecular complexity index is 1130. The van der Waals surface area contributed by atoms with Crippen LogP contribution in [-0.4, -0.2) is 16.7 Å². The van der Waals surface area contributed by atoms with Gasteiger partial charge >= 0.3 is 0 Å². The van der Waals surface area contributed by atoms with Crippen LogP contribution in [0.5, 0.6) is 0 Å². The van der Waals surface area contributed by atoms with Gasteiger partial charge in [0.15, 0.2) is 0 Å². The summed E-state index contributed by atoms with van der Waals surface area (Å²) in [5.41, 5.74) is 5.91. The second-order valence-corrected chi connectivity index (χ2v) is 6.32. The van der Waals surface area contributed by atoms with Gasteiger partial charge in [-0.05, 0) is 42.8 Å². The molecule has 0 fully saturated rings. The normalized spacial score (nSPS) is 10.2. The largest absolute Gasteiger partial charge is 0.322 e. The van der Waals surface area contributed by atoms with Crippen molar-refractivity contribution in [3.63, 3.8) is 0 Å². The molecule has 0 saturated carbocycles. The molecule has 0 bridgehead atoms. The maximum Gasteiger partial charge on any atom is 0.294 e. The minimum absolute atomic E-state index is 0.121. The van der Waals surface area contributed by atoms with Gasteiger partial charge < -0.3 is 5.32 Å². The van der Waals surface area contributed by atoms with Crippen LogP contribution in [0.15, 0.2) is 66.7 Å². The summed E-state index contributed by atoms with van der Waals surface area (Å²) in [6, 6.07) is 16.0. The highest BCUT2D eigenvalue weighted by atomic mass is 19.1. The van der Waals surface area contributed by atoms with Crippen molar-refractivity contribution in [1.29, 1.82) is 0 Å². The molecule has 30 heavy (non-hydrogen) atoms. The summed E-state index contributed by atoms with van der Waals surface area (Å²) in [6.07, 6.45) is 0. The predicted octanol–water partition coefficient (Wildman–Crippen LogP) is 4.05. The molecule has 0 saturated heterocycles. The average Bonchev–Trinajstić information content (AvgIpc) is 2.74. The van der Waals surface area contributed by atoms with E-state index in [-0.39, 0.29) is 22.5 Å². The summed E-state index contributed by atoms with van der Waals surface area (Å²) >= 11 is 0. The van der Waals surface area contributed by atoms with Gasteiger partial charge in [0.25, 0.3) is 17.5 Å². The summed E-state index contributed by atoms with van der Waals surface area (Å²) in [6.45, 7) is 1.73. The number of aryl methyl sites for hydroxylation is 1. The molecule has 8 nitrogen and oxygen atoms in total. The van der Waals surface area contributed by atoms with Crippen LogP contribution < -0.4 is 16.2 Å². The van der Waals surface area contributed by atoms with Crippen LogP contribution in [0.25, 0.3) is 0 Å². The van der Waals surface area contributed by atoms with Gasteiger partial charge in [-0.15, -0.1) is 0 Å². The van der Waals surface area contributed by atoms with Gasteiger partial charge in [-0.3, -0.25) is 30.6 Å². The first-order valence-electron chi connectivity index (χ1n) is 8.83. The number of nitro groups is 1. The molecule has 0 aliphatic carbocycles. The number of nitrogens with zero attached hydrogens (tertiary/aromatic N) is 1. The van der Waals surface area contributed by atoms with E-state index >= 15 is 0 Å². The fourth-order valence-electron chi connectivity index (χ4n) is 2.67. The Kier molecular flexibility index (Phi) is 6.02. The molecule has 0 unspecified atom stereocenters. The Morgan fingerprint density at radius 2 is 1.63 bits per heavy atom. The summed E-state index contributed by atoms with van der Waals surface area (Å²) in [5, 5.41) is 13.6. The van der Waals surface area contributed by atoms with Gasteiger partial charge in [0, 0.05) is 17.3 Å². The predicted molar refractivity (Wildman–Crippen MR) is 110 cm³/mol. The molecule has 0 aromatic heterocycles. The standard InChI is InChI=1S/C21H17FN4O4/c1-13-10-11-14(12-18(13)23-21(28)15-6-2-3-7-16(15)22)20(27)25-24-17-8-4-5-9-19(17)26(29)30/h2-12,24H,1H3,(H,23,28)(H,25,27). The third-order valence-corrected chi connectivity index (χ3v) is 4.28. The van der Waals surface area contributed by atoms with Crippen LogP contribution in [-0.2, 0) is 0 Å². The first-order valence-corrected chi connectivity index (χ1v) is 8.83. The van der Waals surface area contributed by atoms with Gasteiger partial charge in [0.05, 0.1) is 10.5 Å². The van der Waals surface area contributed by atoms with E-state index in [1.54, 1.807) is 25.1 Å². The fraction of sp³-hybridized carbons (Fsp3) is 0.0476. The number of hydrogen-bond acceptors (Lipinski definition) is 5. The van der Waals surface area contributed by atoms with Crippen LogP contribution in [0.1, 0.15) is 26.3 Å². The van der Waals surface area contributed by atoms with Gasteiger partial charge in [-0.25, -0.2) is 4.39 Å². The van der Waals surface area contributed by atoms with E-state index in [1.807, 2.05) is 0 Å². The SMILES string of the molecule is Cc1ccc(C(=O)NNc2ccccc2[N+](=O)[O-])cc1NC(=O)c1ccccc1F. The summed E-state index contributed by atoms with van der Waals surface area (Å²) in [7, 11) is 0. The number of carbonyl (C=O) groups excluding carboxylic acids is 2. The molecular formula is C21H17FN4O4. The Labute approximate surface area is 170 Å². The van der Waals surface area contributed by atoms with Crippen molar-refractivity contribution in [3.8, 4) is 0 Å². The van der Waals surface area contributed by atoms with Gasteiger partial charge in [-0.2, -0.15) is 0 Å². The molecule has 9 heteroatoms. The van der Waals surface area contributed by atoms with E-state index in [2.05, 4.69) is 16.2 Å². The summed E-state index contributed by atoms with van der Waals surface area (Å²) < 4.78 is 13.8. The topological polar surface area (TPSA) is 113 Å². The highest BCUT2D eigenvalue weighted by Gasteiger charge is 2.16. The third kappa shape index (κ3) is 4.58. The number of anilines is 2. The van der Waals surface area contributed by atoms with E-state index < -0.39 is 22.6 Å². The molecule has 0 aliphatic heterocycles. The first-order chi connectivity index (χ1) is 14.4. The van der Waals surface area contributed by atoms with Crippen molar-refractivity contribution in [2.75, 3.05) is 10.7 Å². The fourth-order valence-corrected chi connectivity index (χ4v) is 2.67. The number of carbonyl (C=O) groups is 2. The zero-order chi connectivity index (χ0) is 21.7. The van der Waals surface area contributed by atoms with Gasteiger partial charge in [0.2, 0.25) is 0 Å². The minimum Gasteiger partial charge on any atom is -0.322 e. The van der Waals surface area contributed by atoms with E-state index in [0.717, 1.165) is 0 Å². The van der Waals surface area contributed by atoms with Crippen LogP contribution >= 0.6 is 0 Å². The molecule has 3 rings (SSSR count). The molecule has 0 spiro atoms. The van der Waals surface area contributed by atoms with Crippen molar-refractivity contribution >= 4 is 28.9 Å². The number of hydrazine groups is 1. The lowest BCUT2D eigenvalue weighted by molar-refractivity contribution is -0.384. The number of halogens is 1. The monoisotopic (exact) mass is 408 g/mol. The molecule has 2 amide bonds. The maximum atomic E-state index is 13.8. The zero-order valence-corrected chi connectivity index (χ0v) is 15.8. The van der Waals surface area contributed by atoms with Crippen molar-refractivity contribution in [3.05, 3.63) is 99.4 Å². The van der Waals surface area contributed by atoms with Crippen LogP contribution in [0, 0.1) is 22.9 Å². The van der Waals surface area contributed by atoms with Gasteiger partial charge in [-0.1, -0.05) is 30.3 Å². The summed E-state index contributed by atoms with van der Waals surface area (Å²) in [5.74, 6) is -1.88. The smallest absolute Gasteiger partial charge is 0.294 e. The third-order valence-electron chi connectivity index (χ3n) is 4.28. The average molecular weight is 408 g/mol. The van der Waals surface area contributed by atoms with Crippen LogP contribution in [0.3, 0.4) is 0 Å². The molecule has 152 valence electrons. The lowest BCUT2D eigenvalue weighted by Crippen LogP contribution is -2.29. The number of nitrogens with one attached hydrogen (secondary N) is 3. The molecule has 3 aromatic carbocycles. The molecule has 0 aliphatic rings.